The summed E-state index contributed by atoms with van der Waals surface area (Å²) in [6.45, 7) is 7.15. The van der Waals surface area contributed by atoms with Gasteiger partial charge in [-0.15, -0.1) is 0 Å². The Kier molecular flexibility index (Phi) is 5.60. The zero-order valence-corrected chi connectivity index (χ0v) is 18.5. The first-order valence-electron chi connectivity index (χ1n) is 10.4. The maximum atomic E-state index is 11.8. The van der Waals surface area contributed by atoms with Gasteiger partial charge >= 0.3 is 0 Å². The Morgan fingerprint density at radius 2 is 1.93 bits per heavy atom. The second kappa shape index (κ2) is 8.05. The molecule has 1 fully saturated rings. The summed E-state index contributed by atoms with van der Waals surface area (Å²) in [7, 11) is 0. The molecule has 2 aromatic rings. The number of piperidine rings is 1. The molecule has 1 amide bonds. The molecule has 30 heavy (non-hydrogen) atoms. The summed E-state index contributed by atoms with van der Waals surface area (Å²) in [5, 5.41) is 14.8. The number of hydrogen-bond acceptors (Lipinski definition) is 4. The van der Waals surface area contributed by atoms with Gasteiger partial charge in [0.1, 0.15) is 11.4 Å². The van der Waals surface area contributed by atoms with Crippen molar-refractivity contribution >= 4 is 23.2 Å². The van der Waals surface area contributed by atoms with Gasteiger partial charge in [-0.05, 0) is 43.2 Å². The highest BCUT2D eigenvalue weighted by Gasteiger charge is 2.41. The van der Waals surface area contributed by atoms with Crippen molar-refractivity contribution in [3.05, 3.63) is 63.7 Å². The zero-order chi connectivity index (χ0) is 21.5. The van der Waals surface area contributed by atoms with Crippen LogP contribution in [-0.2, 0) is 4.79 Å². The van der Waals surface area contributed by atoms with Crippen LogP contribution in [0.5, 0.6) is 5.75 Å². The number of nitrogens with one attached hydrogen (secondary N) is 1. The summed E-state index contributed by atoms with van der Waals surface area (Å²) in [6.07, 6.45) is 2.13. The molecule has 2 N–H and O–H groups in total. The van der Waals surface area contributed by atoms with Gasteiger partial charge in [0.15, 0.2) is 0 Å². The number of rotatable bonds is 2. The number of halogens is 1. The van der Waals surface area contributed by atoms with Crippen molar-refractivity contribution in [3.8, 4) is 5.75 Å². The van der Waals surface area contributed by atoms with Crippen molar-refractivity contribution in [1.82, 2.24) is 10.2 Å². The fraction of sp³-hybridized carbons (Fsp3) is 0.417. The van der Waals surface area contributed by atoms with Crippen LogP contribution in [0.15, 0.2) is 41.4 Å². The Morgan fingerprint density at radius 1 is 1.20 bits per heavy atom. The van der Waals surface area contributed by atoms with Gasteiger partial charge in [-0.2, -0.15) is 0 Å². The minimum atomic E-state index is -0.462. The lowest BCUT2D eigenvalue weighted by atomic mass is 9.86. The molecule has 2 heterocycles. The second-order valence-corrected chi connectivity index (χ2v) is 8.96. The lowest BCUT2D eigenvalue weighted by Crippen LogP contribution is -2.56. The lowest BCUT2D eigenvalue weighted by Gasteiger charge is -2.45. The number of carbonyl (C=O) groups is 1. The molecule has 0 aliphatic carbocycles. The van der Waals surface area contributed by atoms with Crippen LogP contribution in [0.3, 0.4) is 0 Å². The minimum absolute atomic E-state index is 0.100. The van der Waals surface area contributed by atoms with E-state index >= 15 is 0 Å². The molecule has 158 valence electrons. The van der Waals surface area contributed by atoms with E-state index in [1.165, 1.54) is 11.1 Å². The van der Waals surface area contributed by atoms with Crippen LogP contribution in [0.4, 0.5) is 0 Å². The van der Waals surface area contributed by atoms with Crippen LogP contribution in [0.2, 0.25) is 5.02 Å². The fourth-order valence-corrected chi connectivity index (χ4v) is 4.83. The molecule has 0 bridgehead atoms. The van der Waals surface area contributed by atoms with E-state index in [4.69, 9.17) is 16.6 Å². The number of hydrogen-bond donors (Lipinski definition) is 2. The molecule has 0 radical (unpaired) electrons. The number of benzene rings is 2. The SMILES string of the molecule is CC(=O)N1CCC2(CC1)N=C(c1ccc(C)cc1C)C[C@H](c1cc(Cl)ccc1O)N2. The van der Waals surface area contributed by atoms with Crippen LogP contribution in [0.1, 0.15) is 54.5 Å². The third kappa shape index (κ3) is 4.09. The van der Waals surface area contributed by atoms with Crippen LogP contribution in [-0.4, -0.2) is 40.4 Å². The summed E-state index contributed by atoms with van der Waals surface area (Å²) < 4.78 is 0. The van der Waals surface area contributed by atoms with Crippen molar-refractivity contribution in [2.24, 2.45) is 4.99 Å². The normalized spacial score (nSPS) is 20.9. The molecular formula is C24H28ClN3O2. The van der Waals surface area contributed by atoms with E-state index in [0.29, 0.717) is 24.5 Å². The van der Waals surface area contributed by atoms with Gasteiger partial charge in [-0.3, -0.25) is 15.1 Å². The van der Waals surface area contributed by atoms with Gasteiger partial charge < -0.3 is 10.0 Å². The molecule has 0 saturated carbocycles. The highest BCUT2D eigenvalue weighted by Crippen LogP contribution is 2.38. The molecule has 0 unspecified atom stereocenters. The first kappa shape index (κ1) is 20.9. The zero-order valence-electron chi connectivity index (χ0n) is 17.7. The number of carbonyl (C=O) groups excluding carboxylic acids is 1. The van der Waals surface area contributed by atoms with Gasteiger partial charge in [0.05, 0.1) is 0 Å². The highest BCUT2D eigenvalue weighted by atomic mass is 35.5. The van der Waals surface area contributed by atoms with Crippen LogP contribution in [0.25, 0.3) is 0 Å². The summed E-state index contributed by atoms with van der Waals surface area (Å²) in [5.41, 5.74) is 4.92. The maximum absolute atomic E-state index is 11.8. The van der Waals surface area contributed by atoms with Gasteiger partial charge in [-0.25, -0.2) is 0 Å². The molecule has 2 aromatic carbocycles. The number of aromatic hydroxyl groups is 1. The Balaban J connectivity index is 1.75. The molecule has 1 spiro atoms. The van der Waals surface area contributed by atoms with Crippen molar-refractivity contribution in [3.63, 3.8) is 0 Å². The summed E-state index contributed by atoms with van der Waals surface area (Å²) >= 11 is 6.25. The van der Waals surface area contributed by atoms with E-state index in [1.807, 2.05) is 11.0 Å². The van der Waals surface area contributed by atoms with Crippen LogP contribution in [0, 0.1) is 13.8 Å². The quantitative estimate of drug-likeness (QED) is 0.743. The lowest BCUT2D eigenvalue weighted by molar-refractivity contribution is -0.130. The van der Waals surface area contributed by atoms with Crippen LogP contribution >= 0.6 is 11.6 Å². The smallest absolute Gasteiger partial charge is 0.219 e. The van der Waals surface area contributed by atoms with E-state index < -0.39 is 5.66 Å². The first-order chi connectivity index (χ1) is 14.3. The maximum Gasteiger partial charge on any atom is 0.219 e. The Hall–Kier alpha value is -2.37. The fourth-order valence-electron chi connectivity index (χ4n) is 4.65. The predicted molar refractivity (Wildman–Crippen MR) is 120 cm³/mol. The van der Waals surface area contributed by atoms with Crippen molar-refractivity contribution in [2.45, 2.75) is 51.7 Å². The van der Waals surface area contributed by atoms with E-state index in [1.54, 1.807) is 19.1 Å². The molecule has 1 saturated heterocycles. The number of aliphatic imine (C=N–C) groups is 1. The molecule has 6 heteroatoms. The van der Waals surface area contributed by atoms with Gasteiger partial charge in [-0.1, -0.05) is 35.4 Å². The highest BCUT2D eigenvalue weighted by molar-refractivity contribution is 6.30. The predicted octanol–water partition coefficient (Wildman–Crippen LogP) is 4.52. The third-order valence-electron chi connectivity index (χ3n) is 6.28. The standard InChI is InChI=1S/C24H28ClN3O2/c1-15-4-6-19(16(2)12-15)21-14-22(20-13-18(25)5-7-23(20)30)27-24(26-21)8-10-28(11-9-24)17(3)29/h4-7,12-13,22,27,30H,8-11,14H2,1-3H3/t22-/m1/s1. The summed E-state index contributed by atoms with van der Waals surface area (Å²) in [5.74, 6) is 0.332. The number of amides is 1. The average Bonchev–Trinajstić information content (AvgIpc) is 2.69. The second-order valence-electron chi connectivity index (χ2n) is 8.52. The van der Waals surface area contributed by atoms with Gasteiger partial charge in [0.25, 0.3) is 0 Å². The van der Waals surface area contributed by atoms with Gasteiger partial charge in [0, 0.05) is 61.6 Å². The summed E-state index contributed by atoms with van der Waals surface area (Å²) in [6, 6.07) is 11.5. The summed E-state index contributed by atoms with van der Waals surface area (Å²) in [4.78, 5) is 18.9. The molecule has 4 rings (SSSR count). The molecule has 0 aromatic heterocycles. The molecule has 1 atom stereocenters. The van der Waals surface area contributed by atoms with E-state index in [2.05, 4.69) is 37.4 Å². The Labute approximate surface area is 182 Å². The number of phenols is 1. The molecule has 2 aliphatic heterocycles. The topological polar surface area (TPSA) is 64.9 Å². The van der Waals surface area contributed by atoms with E-state index in [9.17, 15) is 9.90 Å². The van der Waals surface area contributed by atoms with E-state index in [-0.39, 0.29) is 17.7 Å². The van der Waals surface area contributed by atoms with Crippen molar-refractivity contribution in [1.29, 1.82) is 0 Å². The largest absolute Gasteiger partial charge is 0.508 e. The molecular weight excluding hydrogens is 398 g/mol. The van der Waals surface area contributed by atoms with Gasteiger partial charge in [0.2, 0.25) is 5.91 Å². The number of phenolic OH excluding ortho intramolecular Hbond substituents is 1. The van der Waals surface area contributed by atoms with Crippen LogP contribution < -0.4 is 5.32 Å². The van der Waals surface area contributed by atoms with Crippen molar-refractivity contribution < 1.29 is 9.90 Å². The Bertz CT molecular complexity index is 1010. The molecule has 5 nitrogen and oxygen atoms in total. The minimum Gasteiger partial charge on any atom is -0.508 e. The third-order valence-corrected chi connectivity index (χ3v) is 6.52. The van der Waals surface area contributed by atoms with E-state index in [0.717, 1.165) is 29.7 Å². The van der Waals surface area contributed by atoms with Crippen molar-refractivity contribution in [2.75, 3.05) is 13.1 Å². The first-order valence-corrected chi connectivity index (χ1v) is 10.8. The average molecular weight is 426 g/mol. The number of aryl methyl sites for hydroxylation is 2. The monoisotopic (exact) mass is 425 g/mol. The molecule has 2 aliphatic rings. The Morgan fingerprint density at radius 3 is 2.60 bits per heavy atom. The number of nitrogens with zero attached hydrogens (tertiary/aromatic N) is 2. The number of likely N-dealkylation sites (tertiary alicyclic amines) is 1.